The van der Waals surface area contributed by atoms with Gasteiger partial charge >= 0.3 is 6.61 Å². The van der Waals surface area contributed by atoms with E-state index >= 15 is 0 Å². The fraction of sp³-hybridized carbons (Fsp3) is 0.778. The third-order valence-corrected chi connectivity index (χ3v) is 2.38. The first-order valence-corrected chi connectivity index (χ1v) is 4.67. The van der Waals surface area contributed by atoms with Crippen LogP contribution >= 0.6 is 0 Å². The molecule has 1 rings (SSSR count). The Hall–Kier alpha value is -0.680. The van der Waals surface area contributed by atoms with Crippen LogP contribution in [-0.2, 0) is 4.74 Å². The number of ether oxygens (including phenoxy) is 1. The molecule has 1 heterocycles. The summed E-state index contributed by atoms with van der Waals surface area (Å²) in [4.78, 5) is 0. The lowest BCUT2D eigenvalue weighted by Gasteiger charge is -2.20. The summed E-state index contributed by atoms with van der Waals surface area (Å²) in [5.74, 6) is 0.173. The molecule has 1 saturated heterocycles. The molecular formula is C9H16F2N2O. The van der Waals surface area contributed by atoms with E-state index in [4.69, 9.17) is 0 Å². The molecule has 0 aliphatic carbocycles. The van der Waals surface area contributed by atoms with Crippen molar-refractivity contribution in [2.24, 2.45) is 5.92 Å². The van der Waals surface area contributed by atoms with Crippen molar-refractivity contribution in [3.63, 3.8) is 0 Å². The maximum absolute atomic E-state index is 11.8. The van der Waals surface area contributed by atoms with Crippen LogP contribution < -0.4 is 5.43 Å². The number of nitrogens with zero attached hydrogens (tertiary/aromatic N) is 1. The van der Waals surface area contributed by atoms with Crippen LogP contribution in [-0.4, -0.2) is 30.8 Å². The van der Waals surface area contributed by atoms with Gasteiger partial charge in [-0.25, -0.2) is 5.01 Å². The molecular weight excluding hydrogens is 190 g/mol. The predicted octanol–water partition coefficient (Wildman–Crippen LogP) is 1.58. The van der Waals surface area contributed by atoms with Gasteiger partial charge in [0.25, 0.3) is 0 Å². The maximum atomic E-state index is 11.8. The highest BCUT2D eigenvalue weighted by Crippen LogP contribution is 2.21. The van der Waals surface area contributed by atoms with Crippen LogP contribution in [0.5, 0.6) is 0 Å². The molecule has 1 unspecified atom stereocenters. The van der Waals surface area contributed by atoms with E-state index in [1.165, 1.54) is 0 Å². The molecule has 0 aromatic heterocycles. The van der Waals surface area contributed by atoms with Crippen molar-refractivity contribution in [2.45, 2.75) is 26.0 Å². The first kappa shape index (κ1) is 11.4. The van der Waals surface area contributed by atoms with E-state index in [2.05, 4.69) is 16.7 Å². The van der Waals surface area contributed by atoms with Crippen molar-refractivity contribution in [3.8, 4) is 0 Å². The van der Waals surface area contributed by atoms with Gasteiger partial charge in [-0.3, -0.25) is 0 Å². The minimum atomic E-state index is -2.66. The summed E-state index contributed by atoms with van der Waals surface area (Å²) in [6.07, 6.45) is 2.46. The summed E-state index contributed by atoms with van der Waals surface area (Å²) in [5.41, 5.74) is 2.97. The van der Waals surface area contributed by atoms with E-state index in [1.54, 1.807) is 6.20 Å². The Bertz CT molecular complexity index is 190. The molecule has 0 aromatic carbocycles. The number of alkyl halides is 2. The second kappa shape index (κ2) is 5.26. The molecule has 1 N–H and O–H groups in total. The molecule has 1 aliphatic rings. The summed E-state index contributed by atoms with van der Waals surface area (Å²) in [6.45, 7) is 3.78. The molecule has 3 nitrogen and oxygen atoms in total. The molecule has 1 fully saturated rings. The standard InChI is InChI=1S/C9H16F2N2O/c1-3-12-13-5-8(4-7(13)2)6-14-9(10)11/h3,7-9,12H,1,4-6H2,2H3/t7-,8?/m1/s1. The van der Waals surface area contributed by atoms with Crippen molar-refractivity contribution < 1.29 is 13.5 Å². The minimum absolute atomic E-state index is 0.122. The van der Waals surface area contributed by atoms with Crippen molar-refractivity contribution in [1.29, 1.82) is 0 Å². The lowest BCUT2D eigenvalue weighted by Crippen LogP contribution is -2.37. The number of hydrazine groups is 1. The van der Waals surface area contributed by atoms with Crippen molar-refractivity contribution in [1.82, 2.24) is 10.4 Å². The number of hydrogen-bond donors (Lipinski definition) is 1. The summed E-state index contributed by atoms with van der Waals surface area (Å²) in [7, 11) is 0. The number of rotatable bonds is 5. The quantitative estimate of drug-likeness (QED) is 0.739. The highest BCUT2D eigenvalue weighted by molar-refractivity contribution is 4.81. The van der Waals surface area contributed by atoms with Crippen molar-refractivity contribution in [3.05, 3.63) is 12.8 Å². The van der Waals surface area contributed by atoms with Gasteiger partial charge in [0, 0.05) is 18.8 Å². The Morgan fingerprint density at radius 2 is 2.43 bits per heavy atom. The zero-order valence-corrected chi connectivity index (χ0v) is 8.25. The molecule has 1 aliphatic heterocycles. The normalized spacial score (nSPS) is 28.3. The van der Waals surface area contributed by atoms with Gasteiger partial charge in [-0.15, -0.1) is 0 Å². The lowest BCUT2D eigenvalue weighted by atomic mass is 10.1. The van der Waals surface area contributed by atoms with Gasteiger partial charge in [-0.1, -0.05) is 6.58 Å². The van der Waals surface area contributed by atoms with Crippen LogP contribution in [0.1, 0.15) is 13.3 Å². The van der Waals surface area contributed by atoms with Crippen LogP contribution in [0.25, 0.3) is 0 Å². The van der Waals surface area contributed by atoms with Gasteiger partial charge in [-0.05, 0) is 19.3 Å². The van der Waals surface area contributed by atoms with Gasteiger partial charge < -0.3 is 10.2 Å². The summed E-state index contributed by atoms with van der Waals surface area (Å²) in [6, 6.07) is 0.333. The van der Waals surface area contributed by atoms with Crippen LogP contribution in [0, 0.1) is 5.92 Å². The summed E-state index contributed by atoms with van der Waals surface area (Å²) < 4.78 is 27.8. The predicted molar refractivity (Wildman–Crippen MR) is 49.6 cm³/mol. The fourth-order valence-electron chi connectivity index (χ4n) is 1.77. The van der Waals surface area contributed by atoms with Gasteiger partial charge in [0.1, 0.15) is 0 Å². The van der Waals surface area contributed by atoms with E-state index in [0.717, 1.165) is 13.0 Å². The molecule has 5 heteroatoms. The minimum Gasteiger partial charge on any atom is -0.326 e. The number of halogens is 2. The zero-order chi connectivity index (χ0) is 10.6. The van der Waals surface area contributed by atoms with Crippen LogP contribution in [0.4, 0.5) is 8.78 Å². The van der Waals surface area contributed by atoms with Gasteiger partial charge in [0.05, 0.1) is 6.61 Å². The molecule has 0 aromatic rings. The number of hydrogen-bond acceptors (Lipinski definition) is 3. The van der Waals surface area contributed by atoms with E-state index < -0.39 is 6.61 Å². The number of nitrogens with one attached hydrogen (secondary N) is 1. The van der Waals surface area contributed by atoms with E-state index in [0.29, 0.717) is 6.04 Å². The average molecular weight is 206 g/mol. The molecule has 0 bridgehead atoms. The monoisotopic (exact) mass is 206 g/mol. The van der Waals surface area contributed by atoms with Crippen molar-refractivity contribution in [2.75, 3.05) is 13.2 Å². The summed E-state index contributed by atoms with van der Waals surface area (Å²) >= 11 is 0. The van der Waals surface area contributed by atoms with Gasteiger partial charge in [-0.2, -0.15) is 8.78 Å². The first-order valence-electron chi connectivity index (χ1n) is 4.67. The molecule has 0 amide bonds. The van der Waals surface area contributed by atoms with Crippen LogP contribution in [0.2, 0.25) is 0 Å². The van der Waals surface area contributed by atoms with Gasteiger partial charge in [0.2, 0.25) is 0 Å². The molecule has 82 valence electrons. The fourth-order valence-corrected chi connectivity index (χ4v) is 1.77. The van der Waals surface area contributed by atoms with E-state index in [-0.39, 0.29) is 12.5 Å². The second-order valence-electron chi connectivity index (χ2n) is 3.53. The Morgan fingerprint density at radius 3 is 3.00 bits per heavy atom. The molecule has 0 radical (unpaired) electrons. The smallest absolute Gasteiger partial charge is 0.326 e. The Kier molecular flexibility index (Phi) is 4.28. The third-order valence-electron chi connectivity index (χ3n) is 2.38. The first-order chi connectivity index (χ1) is 6.63. The highest BCUT2D eigenvalue weighted by atomic mass is 19.3. The topological polar surface area (TPSA) is 24.5 Å². The third kappa shape index (κ3) is 3.23. The zero-order valence-electron chi connectivity index (χ0n) is 8.25. The van der Waals surface area contributed by atoms with E-state index in [9.17, 15) is 8.78 Å². The SMILES string of the molecule is C=CNN1CC(COC(F)F)C[C@H]1C. The Labute approximate surface area is 82.7 Å². The van der Waals surface area contributed by atoms with Gasteiger partial charge in [0.15, 0.2) is 0 Å². The summed E-state index contributed by atoms with van der Waals surface area (Å²) in [5, 5.41) is 1.98. The maximum Gasteiger partial charge on any atom is 0.345 e. The van der Waals surface area contributed by atoms with Crippen LogP contribution in [0.15, 0.2) is 12.8 Å². The molecule has 0 spiro atoms. The second-order valence-corrected chi connectivity index (χ2v) is 3.53. The van der Waals surface area contributed by atoms with E-state index in [1.807, 2.05) is 11.9 Å². The molecule has 2 atom stereocenters. The highest BCUT2D eigenvalue weighted by Gasteiger charge is 2.29. The Morgan fingerprint density at radius 1 is 1.71 bits per heavy atom. The Balaban J connectivity index is 2.27. The largest absolute Gasteiger partial charge is 0.345 e. The molecule has 14 heavy (non-hydrogen) atoms. The van der Waals surface area contributed by atoms with Crippen molar-refractivity contribution >= 4 is 0 Å². The molecule has 0 saturated carbocycles. The lowest BCUT2D eigenvalue weighted by molar-refractivity contribution is -0.137. The average Bonchev–Trinajstić information content (AvgIpc) is 2.45. The van der Waals surface area contributed by atoms with Crippen LogP contribution in [0.3, 0.4) is 0 Å².